The molecule has 2 aromatic carbocycles. The second-order valence-corrected chi connectivity index (χ2v) is 11.2. The summed E-state index contributed by atoms with van der Waals surface area (Å²) in [5.74, 6) is -0.463. The summed E-state index contributed by atoms with van der Waals surface area (Å²) >= 11 is 1.53. The number of Topliss-reactive ketones (excluding diaryl/α,β-unsaturated/α-hetero) is 1. The highest BCUT2D eigenvalue weighted by Gasteiger charge is 2.49. The number of ketones is 1. The van der Waals surface area contributed by atoms with Crippen molar-refractivity contribution in [2.75, 3.05) is 27.2 Å². The third-order valence-corrected chi connectivity index (χ3v) is 8.19. The normalized spacial score (nSPS) is 21.1. The Morgan fingerprint density at radius 2 is 1.93 bits per heavy atom. The lowest BCUT2D eigenvalue weighted by molar-refractivity contribution is 0.0775. The van der Waals surface area contributed by atoms with E-state index in [1.165, 1.54) is 30.3 Å². The van der Waals surface area contributed by atoms with Crippen molar-refractivity contribution in [2.45, 2.75) is 17.7 Å². The van der Waals surface area contributed by atoms with Gasteiger partial charge in [0.1, 0.15) is 11.5 Å². The summed E-state index contributed by atoms with van der Waals surface area (Å²) in [6.07, 6.45) is 6.10. The zero-order valence-corrected chi connectivity index (χ0v) is 23.2. The molecule has 0 bridgehead atoms. The number of hydrogen-bond acceptors (Lipinski definition) is 7. The van der Waals surface area contributed by atoms with Gasteiger partial charge in [-0.3, -0.25) is 14.6 Å². The predicted molar refractivity (Wildman–Crippen MR) is 156 cm³/mol. The van der Waals surface area contributed by atoms with Crippen LogP contribution in [-0.4, -0.2) is 58.8 Å². The van der Waals surface area contributed by atoms with Crippen LogP contribution in [0.1, 0.15) is 33.7 Å². The lowest BCUT2D eigenvalue weighted by Crippen LogP contribution is -2.49. The molecule has 0 radical (unpaired) electrons. The van der Waals surface area contributed by atoms with E-state index in [0.29, 0.717) is 48.6 Å². The van der Waals surface area contributed by atoms with Gasteiger partial charge in [0.05, 0.1) is 16.8 Å². The molecule has 0 saturated carbocycles. The maximum atomic E-state index is 14.2. The minimum absolute atomic E-state index is 0.0638. The van der Waals surface area contributed by atoms with E-state index in [4.69, 9.17) is 10.7 Å². The molecule has 1 amide bonds. The Labute approximate surface area is 237 Å². The lowest BCUT2D eigenvalue weighted by atomic mass is 9.64. The summed E-state index contributed by atoms with van der Waals surface area (Å²) < 4.78 is 15.6. The number of carbonyl (C=O) groups excluding carboxylic acids is 2. The van der Waals surface area contributed by atoms with Crippen molar-refractivity contribution in [3.05, 3.63) is 113 Å². The number of pyridine rings is 1. The fourth-order valence-corrected chi connectivity index (χ4v) is 6.22. The van der Waals surface area contributed by atoms with Gasteiger partial charge in [0.2, 0.25) is 0 Å². The number of nitrogens with zero attached hydrogens (tertiary/aromatic N) is 4. The van der Waals surface area contributed by atoms with Crippen LogP contribution in [0, 0.1) is 11.2 Å². The first kappa shape index (κ1) is 27.5. The summed E-state index contributed by atoms with van der Waals surface area (Å²) in [5, 5.41) is 0. The van der Waals surface area contributed by atoms with Crippen molar-refractivity contribution in [1.82, 2.24) is 14.2 Å². The lowest BCUT2D eigenvalue weighted by Gasteiger charge is -2.45. The largest absolute Gasteiger partial charge is 0.404 e. The molecule has 1 unspecified atom stereocenters. The minimum atomic E-state index is -0.885. The SMILES string of the molecule is CN(C)C(=O)c1cccc(SN2CCC3=CC(=Nc4ccc(F)cc4)C(=CN)CC3(C(=O)c3ccccn3)C2)c1. The zero-order valence-electron chi connectivity index (χ0n) is 22.4. The van der Waals surface area contributed by atoms with E-state index in [0.717, 1.165) is 16.0 Å². The Morgan fingerprint density at radius 1 is 1.12 bits per heavy atom. The number of halogens is 1. The molecule has 9 heteroatoms. The Kier molecular flexibility index (Phi) is 7.95. The number of carbonyl (C=O) groups is 2. The van der Waals surface area contributed by atoms with Crippen LogP contribution in [0.15, 0.2) is 106 Å². The molecule has 7 nitrogen and oxygen atoms in total. The third-order valence-electron chi connectivity index (χ3n) is 7.15. The minimum Gasteiger partial charge on any atom is -0.404 e. The van der Waals surface area contributed by atoms with Gasteiger partial charge in [-0.2, -0.15) is 0 Å². The average Bonchev–Trinajstić information content (AvgIpc) is 2.97. The average molecular weight is 556 g/mol. The molecular formula is C31H30FN5O2S. The number of rotatable bonds is 6. The van der Waals surface area contributed by atoms with Gasteiger partial charge in [-0.25, -0.2) is 13.7 Å². The molecule has 0 spiro atoms. The molecular weight excluding hydrogens is 525 g/mol. The second-order valence-electron chi connectivity index (χ2n) is 10.1. The Balaban J connectivity index is 1.51. The molecule has 1 aromatic heterocycles. The van der Waals surface area contributed by atoms with Gasteiger partial charge in [0.25, 0.3) is 5.91 Å². The number of hydrogen-bond donors (Lipinski definition) is 1. The van der Waals surface area contributed by atoms with Gasteiger partial charge in [0.15, 0.2) is 5.78 Å². The summed E-state index contributed by atoms with van der Waals surface area (Å²) in [5.41, 5.74) is 9.22. The van der Waals surface area contributed by atoms with E-state index < -0.39 is 5.41 Å². The van der Waals surface area contributed by atoms with Crippen LogP contribution in [0.5, 0.6) is 0 Å². The molecule has 1 fully saturated rings. The van der Waals surface area contributed by atoms with Gasteiger partial charge >= 0.3 is 0 Å². The standard InChI is InChI=1S/C31H30FN5O2S/c1-36(2)30(39)21-6-5-7-26(16-21)40-37-15-13-23-17-28(35-25-11-9-24(32)10-12-25)22(19-33)18-31(23,20-37)29(38)27-8-3-4-14-34-27/h3-12,14,16-17,19H,13,15,18,20,33H2,1-2H3. The zero-order chi connectivity index (χ0) is 28.3. The van der Waals surface area contributed by atoms with Crippen LogP contribution in [-0.2, 0) is 0 Å². The number of benzene rings is 2. The molecule has 2 heterocycles. The van der Waals surface area contributed by atoms with Gasteiger partial charge in [-0.15, -0.1) is 0 Å². The number of aliphatic imine (C=N–C) groups is 1. The monoisotopic (exact) mass is 555 g/mol. The number of amides is 1. The highest BCUT2D eigenvalue weighted by Crippen LogP contribution is 2.48. The first-order valence-electron chi connectivity index (χ1n) is 13.0. The van der Waals surface area contributed by atoms with Gasteiger partial charge in [0, 0.05) is 43.8 Å². The topological polar surface area (TPSA) is 91.9 Å². The maximum absolute atomic E-state index is 14.2. The molecule has 5 rings (SSSR count). The first-order valence-corrected chi connectivity index (χ1v) is 13.7. The van der Waals surface area contributed by atoms with E-state index in [2.05, 4.69) is 9.29 Å². The number of allylic oxidation sites excluding steroid dienone is 2. The van der Waals surface area contributed by atoms with Crippen LogP contribution in [0.2, 0.25) is 0 Å². The summed E-state index contributed by atoms with van der Waals surface area (Å²) in [7, 11) is 3.46. The number of aromatic nitrogens is 1. The van der Waals surface area contributed by atoms with Crippen LogP contribution >= 0.6 is 11.9 Å². The molecule has 1 aliphatic carbocycles. The number of nitrogens with two attached hydrogens (primary N) is 1. The van der Waals surface area contributed by atoms with Gasteiger partial charge < -0.3 is 10.6 Å². The van der Waals surface area contributed by atoms with Gasteiger partial charge in [-0.1, -0.05) is 17.7 Å². The van der Waals surface area contributed by atoms with E-state index >= 15 is 0 Å². The molecule has 204 valence electrons. The molecule has 2 N–H and O–H groups in total. The van der Waals surface area contributed by atoms with Crippen molar-refractivity contribution in [1.29, 1.82) is 0 Å². The quantitative estimate of drug-likeness (QED) is 0.321. The number of piperidine rings is 1. The van der Waals surface area contributed by atoms with Gasteiger partial charge in [-0.05, 0) is 97.2 Å². The molecule has 3 aromatic rings. The van der Waals surface area contributed by atoms with Crippen molar-refractivity contribution >= 4 is 35.0 Å². The Bertz CT molecular complexity index is 1520. The molecule has 1 aliphatic heterocycles. The molecule has 1 atom stereocenters. The Morgan fingerprint density at radius 3 is 2.62 bits per heavy atom. The predicted octanol–water partition coefficient (Wildman–Crippen LogP) is 5.45. The van der Waals surface area contributed by atoms with Crippen molar-refractivity contribution in [3.63, 3.8) is 0 Å². The Hall–Kier alpha value is -4.08. The van der Waals surface area contributed by atoms with Crippen molar-refractivity contribution in [2.24, 2.45) is 16.1 Å². The highest BCUT2D eigenvalue weighted by atomic mass is 32.2. The first-order chi connectivity index (χ1) is 19.3. The van der Waals surface area contributed by atoms with E-state index in [-0.39, 0.29) is 17.5 Å². The second kappa shape index (κ2) is 11.6. The van der Waals surface area contributed by atoms with E-state index in [1.807, 2.05) is 30.3 Å². The molecule has 1 saturated heterocycles. The summed E-state index contributed by atoms with van der Waals surface area (Å²) in [6, 6.07) is 18.8. The molecule has 2 aliphatic rings. The van der Waals surface area contributed by atoms with Crippen molar-refractivity contribution in [3.8, 4) is 0 Å². The van der Waals surface area contributed by atoms with Crippen LogP contribution in [0.4, 0.5) is 10.1 Å². The van der Waals surface area contributed by atoms with E-state index in [9.17, 15) is 14.0 Å². The highest BCUT2D eigenvalue weighted by molar-refractivity contribution is 7.97. The fraction of sp³-hybridized carbons (Fsp3) is 0.226. The maximum Gasteiger partial charge on any atom is 0.253 e. The van der Waals surface area contributed by atoms with Crippen molar-refractivity contribution < 1.29 is 14.0 Å². The third kappa shape index (κ3) is 5.61. The summed E-state index contributed by atoms with van der Waals surface area (Å²) in [6.45, 7) is 1.14. The van der Waals surface area contributed by atoms with Crippen LogP contribution in [0.3, 0.4) is 0 Å². The molecule has 40 heavy (non-hydrogen) atoms. The van der Waals surface area contributed by atoms with Crippen LogP contribution in [0.25, 0.3) is 0 Å². The van der Waals surface area contributed by atoms with Crippen LogP contribution < -0.4 is 5.73 Å². The van der Waals surface area contributed by atoms with E-state index in [1.54, 1.807) is 55.5 Å². The number of fused-ring (bicyclic) bond motifs is 1. The summed E-state index contributed by atoms with van der Waals surface area (Å²) in [4.78, 5) is 38.3. The fourth-order valence-electron chi connectivity index (χ4n) is 5.13. The smallest absolute Gasteiger partial charge is 0.253 e.